The van der Waals surface area contributed by atoms with Gasteiger partial charge in [-0.1, -0.05) is 59.8 Å². The molecule has 3 rings (SSSR count). The molecule has 122 valence electrons. The predicted octanol–water partition coefficient (Wildman–Crippen LogP) is 2.98. The van der Waals surface area contributed by atoms with Crippen LogP contribution in [0.1, 0.15) is 11.1 Å². The third-order valence-electron chi connectivity index (χ3n) is 3.49. The SMILES string of the molecule is Cc1ccc(-n2cnnc2SCC(=O)NCc2ccccc2)cc1. The summed E-state index contributed by atoms with van der Waals surface area (Å²) in [5.41, 5.74) is 3.26. The minimum Gasteiger partial charge on any atom is -0.351 e. The summed E-state index contributed by atoms with van der Waals surface area (Å²) in [7, 11) is 0. The molecule has 0 saturated carbocycles. The number of benzene rings is 2. The Morgan fingerprint density at radius 2 is 1.88 bits per heavy atom. The number of amides is 1. The monoisotopic (exact) mass is 338 g/mol. The molecule has 0 aliphatic rings. The topological polar surface area (TPSA) is 59.8 Å². The molecule has 1 aromatic heterocycles. The number of aromatic nitrogens is 3. The maximum Gasteiger partial charge on any atom is 0.230 e. The van der Waals surface area contributed by atoms with E-state index < -0.39 is 0 Å². The minimum atomic E-state index is -0.0256. The summed E-state index contributed by atoms with van der Waals surface area (Å²) in [5, 5.41) is 11.7. The lowest BCUT2D eigenvalue weighted by Crippen LogP contribution is -2.24. The van der Waals surface area contributed by atoms with Gasteiger partial charge in [-0.15, -0.1) is 10.2 Å². The quantitative estimate of drug-likeness (QED) is 0.702. The third kappa shape index (κ3) is 4.23. The molecule has 0 aliphatic carbocycles. The van der Waals surface area contributed by atoms with Crippen molar-refractivity contribution in [3.8, 4) is 5.69 Å². The van der Waals surface area contributed by atoms with Crippen LogP contribution in [0.5, 0.6) is 0 Å². The molecule has 0 fully saturated rings. The summed E-state index contributed by atoms with van der Waals surface area (Å²) < 4.78 is 1.88. The van der Waals surface area contributed by atoms with Crippen LogP contribution >= 0.6 is 11.8 Å². The minimum absolute atomic E-state index is 0.0256. The van der Waals surface area contributed by atoms with Gasteiger partial charge in [-0.2, -0.15) is 0 Å². The van der Waals surface area contributed by atoms with Crippen LogP contribution in [-0.2, 0) is 11.3 Å². The van der Waals surface area contributed by atoms with Crippen LogP contribution in [0.25, 0.3) is 5.69 Å². The van der Waals surface area contributed by atoms with E-state index in [4.69, 9.17) is 0 Å². The zero-order valence-electron chi connectivity index (χ0n) is 13.3. The third-order valence-corrected chi connectivity index (χ3v) is 4.44. The molecular formula is C18H18N4OS. The number of rotatable bonds is 6. The van der Waals surface area contributed by atoms with Crippen molar-refractivity contribution in [1.82, 2.24) is 20.1 Å². The Morgan fingerprint density at radius 1 is 1.12 bits per heavy atom. The van der Waals surface area contributed by atoms with E-state index in [9.17, 15) is 4.79 Å². The van der Waals surface area contributed by atoms with E-state index in [2.05, 4.69) is 15.5 Å². The number of nitrogens with one attached hydrogen (secondary N) is 1. The Kier molecular flexibility index (Phi) is 5.28. The first kappa shape index (κ1) is 16.3. The number of carbonyl (C=O) groups excluding carboxylic acids is 1. The Balaban J connectivity index is 1.56. The maximum absolute atomic E-state index is 12.0. The molecule has 1 amide bonds. The molecule has 0 saturated heterocycles. The van der Waals surface area contributed by atoms with Gasteiger partial charge in [0.25, 0.3) is 0 Å². The second-order valence-electron chi connectivity index (χ2n) is 5.37. The summed E-state index contributed by atoms with van der Waals surface area (Å²) in [6.07, 6.45) is 1.66. The van der Waals surface area contributed by atoms with Gasteiger partial charge in [0.2, 0.25) is 5.91 Å². The van der Waals surface area contributed by atoms with Gasteiger partial charge in [-0.3, -0.25) is 9.36 Å². The van der Waals surface area contributed by atoms with Gasteiger partial charge >= 0.3 is 0 Å². The molecule has 0 unspecified atom stereocenters. The first-order valence-electron chi connectivity index (χ1n) is 7.63. The van der Waals surface area contributed by atoms with E-state index in [0.717, 1.165) is 11.3 Å². The molecule has 2 aromatic carbocycles. The van der Waals surface area contributed by atoms with Crippen LogP contribution in [0.3, 0.4) is 0 Å². The molecule has 0 radical (unpaired) electrons. The number of aryl methyl sites for hydroxylation is 1. The Labute approximate surface area is 145 Å². The Bertz CT molecular complexity index is 799. The fourth-order valence-electron chi connectivity index (χ4n) is 2.18. The average Bonchev–Trinajstić information content (AvgIpc) is 3.08. The van der Waals surface area contributed by atoms with E-state index in [1.807, 2.05) is 66.1 Å². The molecule has 1 heterocycles. The predicted molar refractivity (Wildman–Crippen MR) is 95.1 cm³/mol. The van der Waals surface area contributed by atoms with Crippen LogP contribution in [0.2, 0.25) is 0 Å². The lowest BCUT2D eigenvalue weighted by Gasteiger charge is -2.07. The zero-order chi connectivity index (χ0) is 16.8. The molecular weight excluding hydrogens is 320 g/mol. The Morgan fingerprint density at radius 3 is 2.62 bits per heavy atom. The summed E-state index contributed by atoms with van der Waals surface area (Å²) in [6, 6.07) is 18.0. The average molecular weight is 338 g/mol. The maximum atomic E-state index is 12.0. The van der Waals surface area contributed by atoms with E-state index in [0.29, 0.717) is 17.5 Å². The van der Waals surface area contributed by atoms with Crippen molar-refractivity contribution in [3.05, 3.63) is 72.1 Å². The number of carbonyl (C=O) groups is 1. The molecule has 0 spiro atoms. The van der Waals surface area contributed by atoms with Crippen LogP contribution in [-0.4, -0.2) is 26.4 Å². The molecule has 5 nitrogen and oxygen atoms in total. The molecule has 0 atom stereocenters. The van der Waals surface area contributed by atoms with Crippen molar-refractivity contribution >= 4 is 17.7 Å². The van der Waals surface area contributed by atoms with E-state index in [1.165, 1.54) is 17.3 Å². The summed E-state index contributed by atoms with van der Waals surface area (Å²) in [5.74, 6) is 0.277. The second-order valence-corrected chi connectivity index (χ2v) is 6.31. The summed E-state index contributed by atoms with van der Waals surface area (Å²) in [6.45, 7) is 2.58. The summed E-state index contributed by atoms with van der Waals surface area (Å²) >= 11 is 1.37. The number of nitrogens with zero attached hydrogens (tertiary/aromatic N) is 3. The van der Waals surface area contributed by atoms with Crippen molar-refractivity contribution in [3.63, 3.8) is 0 Å². The molecule has 3 aromatic rings. The number of thioether (sulfide) groups is 1. The second kappa shape index (κ2) is 7.79. The highest BCUT2D eigenvalue weighted by Crippen LogP contribution is 2.19. The van der Waals surface area contributed by atoms with Gasteiger partial charge < -0.3 is 5.32 Å². The zero-order valence-corrected chi connectivity index (χ0v) is 14.2. The fraction of sp³-hybridized carbons (Fsp3) is 0.167. The fourth-order valence-corrected chi connectivity index (χ4v) is 2.94. The van der Waals surface area contributed by atoms with Crippen molar-refractivity contribution < 1.29 is 4.79 Å². The summed E-state index contributed by atoms with van der Waals surface area (Å²) in [4.78, 5) is 12.0. The van der Waals surface area contributed by atoms with E-state index in [1.54, 1.807) is 6.33 Å². The van der Waals surface area contributed by atoms with Crippen molar-refractivity contribution in [1.29, 1.82) is 0 Å². The highest BCUT2D eigenvalue weighted by Gasteiger charge is 2.10. The van der Waals surface area contributed by atoms with Crippen LogP contribution < -0.4 is 5.32 Å². The lowest BCUT2D eigenvalue weighted by atomic mass is 10.2. The number of hydrogen-bond donors (Lipinski definition) is 1. The molecule has 1 N–H and O–H groups in total. The van der Waals surface area contributed by atoms with Gasteiger partial charge in [-0.05, 0) is 24.6 Å². The smallest absolute Gasteiger partial charge is 0.230 e. The van der Waals surface area contributed by atoms with Gasteiger partial charge in [0, 0.05) is 12.2 Å². The Hall–Kier alpha value is -2.60. The standard InChI is InChI=1S/C18H18N4OS/c1-14-7-9-16(10-8-14)22-13-20-21-18(22)24-12-17(23)19-11-15-5-3-2-4-6-15/h2-10,13H,11-12H2,1H3,(H,19,23). The first-order chi connectivity index (χ1) is 11.7. The van der Waals surface area contributed by atoms with Crippen LogP contribution in [0.4, 0.5) is 0 Å². The highest BCUT2D eigenvalue weighted by molar-refractivity contribution is 7.99. The van der Waals surface area contributed by atoms with E-state index in [-0.39, 0.29) is 5.91 Å². The van der Waals surface area contributed by atoms with Gasteiger partial charge in [0.15, 0.2) is 5.16 Å². The van der Waals surface area contributed by atoms with E-state index >= 15 is 0 Å². The molecule has 0 bridgehead atoms. The van der Waals surface area contributed by atoms with Crippen molar-refractivity contribution in [2.24, 2.45) is 0 Å². The molecule has 0 aliphatic heterocycles. The molecule has 24 heavy (non-hydrogen) atoms. The number of hydrogen-bond acceptors (Lipinski definition) is 4. The lowest BCUT2D eigenvalue weighted by molar-refractivity contribution is -0.118. The van der Waals surface area contributed by atoms with Crippen LogP contribution in [0.15, 0.2) is 66.1 Å². The van der Waals surface area contributed by atoms with Gasteiger partial charge in [0.1, 0.15) is 6.33 Å². The van der Waals surface area contributed by atoms with Crippen molar-refractivity contribution in [2.75, 3.05) is 5.75 Å². The normalized spacial score (nSPS) is 10.5. The van der Waals surface area contributed by atoms with Crippen LogP contribution in [0, 0.1) is 6.92 Å². The molecule has 6 heteroatoms. The highest BCUT2D eigenvalue weighted by atomic mass is 32.2. The van der Waals surface area contributed by atoms with Gasteiger partial charge in [0.05, 0.1) is 5.75 Å². The first-order valence-corrected chi connectivity index (χ1v) is 8.61. The van der Waals surface area contributed by atoms with Crippen molar-refractivity contribution in [2.45, 2.75) is 18.6 Å². The van der Waals surface area contributed by atoms with Gasteiger partial charge in [-0.25, -0.2) is 0 Å². The largest absolute Gasteiger partial charge is 0.351 e.